The summed E-state index contributed by atoms with van der Waals surface area (Å²) >= 11 is 0. The van der Waals surface area contributed by atoms with Crippen LogP contribution in [-0.4, -0.2) is 42.1 Å². The number of hydrogen-bond acceptors (Lipinski definition) is 3. The first-order chi connectivity index (χ1) is 12.9. The molecular weight excluding hydrogens is 343 g/mol. The fourth-order valence-electron chi connectivity index (χ4n) is 3.64. The summed E-state index contributed by atoms with van der Waals surface area (Å²) in [6.07, 6.45) is 1.52. The van der Waals surface area contributed by atoms with Gasteiger partial charge in [-0.25, -0.2) is 4.39 Å². The molecule has 2 aromatic carbocycles. The van der Waals surface area contributed by atoms with Gasteiger partial charge in [-0.1, -0.05) is 42.0 Å². The highest BCUT2D eigenvalue weighted by atomic mass is 19.1. The Bertz CT molecular complexity index is 785. The minimum Gasteiger partial charge on any atom is -0.385 e. The third kappa shape index (κ3) is 5.37. The first kappa shape index (κ1) is 19.5. The number of halogens is 1. The Balaban J connectivity index is 1.41. The maximum absolute atomic E-state index is 13.4. The SMILES string of the molecule is Cc1cccc(CC(=O)NCCN2CCC(O)(c3cccc(F)c3)CC2)c1. The molecule has 144 valence electrons. The Morgan fingerprint density at radius 2 is 1.93 bits per heavy atom. The Labute approximate surface area is 160 Å². The summed E-state index contributed by atoms with van der Waals surface area (Å²) in [5.41, 5.74) is 1.85. The van der Waals surface area contributed by atoms with Crippen LogP contribution < -0.4 is 5.32 Å². The van der Waals surface area contributed by atoms with Crippen LogP contribution in [0, 0.1) is 12.7 Å². The summed E-state index contributed by atoms with van der Waals surface area (Å²) in [6.45, 7) is 4.80. The number of rotatable bonds is 6. The van der Waals surface area contributed by atoms with E-state index in [9.17, 15) is 14.3 Å². The number of nitrogens with zero attached hydrogens (tertiary/aromatic N) is 1. The molecule has 27 heavy (non-hydrogen) atoms. The monoisotopic (exact) mass is 370 g/mol. The van der Waals surface area contributed by atoms with Gasteiger partial charge in [-0.2, -0.15) is 0 Å². The molecule has 0 aromatic heterocycles. The number of hydrogen-bond donors (Lipinski definition) is 2. The first-order valence-corrected chi connectivity index (χ1v) is 9.48. The second-order valence-corrected chi connectivity index (χ2v) is 7.40. The lowest BCUT2D eigenvalue weighted by atomic mass is 9.84. The molecule has 0 unspecified atom stereocenters. The van der Waals surface area contributed by atoms with Gasteiger partial charge in [0.2, 0.25) is 5.91 Å². The van der Waals surface area contributed by atoms with Gasteiger partial charge < -0.3 is 15.3 Å². The lowest BCUT2D eigenvalue weighted by Gasteiger charge is -2.38. The maximum Gasteiger partial charge on any atom is 0.224 e. The Morgan fingerprint density at radius 3 is 2.63 bits per heavy atom. The van der Waals surface area contributed by atoms with Gasteiger partial charge in [0, 0.05) is 26.2 Å². The zero-order chi connectivity index (χ0) is 19.3. The third-order valence-electron chi connectivity index (χ3n) is 5.24. The highest BCUT2D eigenvalue weighted by molar-refractivity contribution is 5.78. The van der Waals surface area contributed by atoms with Crippen molar-refractivity contribution in [3.05, 3.63) is 71.0 Å². The molecule has 1 saturated heterocycles. The van der Waals surface area contributed by atoms with E-state index >= 15 is 0 Å². The van der Waals surface area contributed by atoms with Crippen LogP contribution in [0.1, 0.15) is 29.5 Å². The van der Waals surface area contributed by atoms with Gasteiger partial charge >= 0.3 is 0 Å². The van der Waals surface area contributed by atoms with Crippen LogP contribution in [0.15, 0.2) is 48.5 Å². The van der Waals surface area contributed by atoms with Crippen molar-refractivity contribution in [2.45, 2.75) is 31.8 Å². The molecule has 4 nitrogen and oxygen atoms in total. The van der Waals surface area contributed by atoms with E-state index < -0.39 is 5.60 Å². The Morgan fingerprint density at radius 1 is 1.19 bits per heavy atom. The molecule has 5 heteroatoms. The molecule has 2 aromatic rings. The van der Waals surface area contributed by atoms with Gasteiger partial charge in [0.25, 0.3) is 0 Å². The predicted octanol–water partition coefficient (Wildman–Crippen LogP) is 2.78. The van der Waals surface area contributed by atoms with Crippen LogP contribution in [0.4, 0.5) is 4.39 Å². The van der Waals surface area contributed by atoms with E-state index in [0.717, 1.165) is 30.8 Å². The number of carbonyl (C=O) groups is 1. The van der Waals surface area contributed by atoms with Crippen molar-refractivity contribution in [2.75, 3.05) is 26.2 Å². The van der Waals surface area contributed by atoms with Crippen molar-refractivity contribution in [2.24, 2.45) is 0 Å². The summed E-state index contributed by atoms with van der Waals surface area (Å²) in [6, 6.07) is 14.2. The van der Waals surface area contributed by atoms with E-state index in [2.05, 4.69) is 10.2 Å². The average molecular weight is 370 g/mol. The second-order valence-electron chi connectivity index (χ2n) is 7.40. The summed E-state index contributed by atoms with van der Waals surface area (Å²) < 4.78 is 13.4. The molecule has 0 bridgehead atoms. The standard InChI is InChI=1S/C22H27FN2O2/c1-17-4-2-5-18(14-17)15-21(26)24-10-13-25-11-8-22(27,9-12-25)19-6-3-7-20(23)16-19/h2-7,14,16,27H,8-13,15H2,1H3,(H,24,26). The van der Waals surface area contributed by atoms with Crippen molar-refractivity contribution < 1.29 is 14.3 Å². The largest absolute Gasteiger partial charge is 0.385 e. The van der Waals surface area contributed by atoms with E-state index in [-0.39, 0.29) is 11.7 Å². The van der Waals surface area contributed by atoms with Gasteiger partial charge in [0.1, 0.15) is 5.82 Å². The second kappa shape index (κ2) is 8.63. The molecule has 1 aliphatic heterocycles. The summed E-state index contributed by atoms with van der Waals surface area (Å²) in [4.78, 5) is 14.3. The highest BCUT2D eigenvalue weighted by Gasteiger charge is 2.33. The third-order valence-corrected chi connectivity index (χ3v) is 5.24. The van der Waals surface area contributed by atoms with E-state index in [4.69, 9.17) is 0 Å². The van der Waals surface area contributed by atoms with Crippen LogP contribution in [0.5, 0.6) is 0 Å². The van der Waals surface area contributed by atoms with E-state index in [0.29, 0.717) is 31.4 Å². The number of aliphatic hydroxyl groups is 1. The van der Waals surface area contributed by atoms with Crippen LogP contribution in [-0.2, 0) is 16.8 Å². The van der Waals surface area contributed by atoms with Gasteiger partial charge in [0.15, 0.2) is 0 Å². The summed E-state index contributed by atoms with van der Waals surface area (Å²) in [5, 5.41) is 13.8. The zero-order valence-electron chi connectivity index (χ0n) is 15.7. The smallest absolute Gasteiger partial charge is 0.224 e. The van der Waals surface area contributed by atoms with Gasteiger partial charge in [0.05, 0.1) is 12.0 Å². The molecule has 1 amide bonds. The van der Waals surface area contributed by atoms with Crippen LogP contribution >= 0.6 is 0 Å². The van der Waals surface area contributed by atoms with Gasteiger partial charge in [-0.3, -0.25) is 4.79 Å². The van der Waals surface area contributed by atoms with Crippen LogP contribution in [0.2, 0.25) is 0 Å². The highest BCUT2D eigenvalue weighted by Crippen LogP contribution is 2.32. The van der Waals surface area contributed by atoms with Crippen LogP contribution in [0.25, 0.3) is 0 Å². The lowest BCUT2D eigenvalue weighted by Crippen LogP contribution is -2.45. The van der Waals surface area contributed by atoms with Crippen molar-refractivity contribution in [3.63, 3.8) is 0 Å². The number of benzene rings is 2. The number of piperidine rings is 1. The normalized spacial score (nSPS) is 16.9. The Hall–Kier alpha value is -2.24. The fraction of sp³-hybridized carbons (Fsp3) is 0.409. The maximum atomic E-state index is 13.4. The predicted molar refractivity (Wildman–Crippen MR) is 104 cm³/mol. The molecule has 2 N–H and O–H groups in total. The minimum atomic E-state index is -0.965. The molecule has 1 fully saturated rings. The quantitative estimate of drug-likeness (QED) is 0.822. The van der Waals surface area contributed by atoms with E-state index in [1.54, 1.807) is 12.1 Å². The lowest BCUT2D eigenvalue weighted by molar-refractivity contribution is -0.120. The number of carbonyl (C=O) groups excluding carboxylic acids is 1. The number of amides is 1. The molecule has 1 heterocycles. The molecule has 0 saturated carbocycles. The molecule has 0 radical (unpaired) electrons. The van der Waals surface area contributed by atoms with Crippen molar-refractivity contribution in [1.82, 2.24) is 10.2 Å². The molecule has 1 aliphatic rings. The minimum absolute atomic E-state index is 0.0221. The van der Waals surface area contributed by atoms with Crippen molar-refractivity contribution in [3.8, 4) is 0 Å². The van der Waals surface area contributed by atoms with Crippen LogP contribution in [0.3, 0.4) is 0 Å². The van der Waals surface area contributed by atoms with Crippen molar-refractivity contribution >= 4 is 5.91 Å². The summed E-state index contributed by atoms with van der Waals surface area (Å²) in [5.74, 6) is -0.298. The topological polar surface area (TPSA) is 52.6 Å². The first-order valence-electron chi connectivity index (χ1n) is 9.48. The number of likely N-dealkylation sites (tertiary alicyclic amines) is 1. The Kier molecular flexibility index (Phi) is 6.24. The summed E-state index contributed by atoms with van der Waals surface area (Å²) in [7, 11) is 0. The molecule has 0 spiro atoms. The van der Waals surface area contributed by atoms with Gasteiger partial charge in [-0.15, -0.1) is 0 Å². The number of aryl methyl sites for hydroxylation is 1. The van der Waals surface area contributed by atoms with E-state index in [1.807, 2.05) is 31.2 Å². The van der Waals surface area contributed by atoms with E-state index in [1.165, 1.54) is 12.1 Å². The molecular formula is C22H27FN2O2. The van der Waals surface area contributed by atoms with Gasteiger partial charge in [-0.05, 0) is 43.0 Å². The zero-order valence-corrected chi connectivity index (χ0v) is 15.7. The fourth-order valence-corrected chi connectivity index (χ4v) is 3.64. The molecule has 0 atom stereocenters. The molecule has 0 aliphatic carbocycles. The average Bonchev–Trinajstić information content (AvgIpc) is 2.63. The number of nitrogens with one attached hydrogen (secondary N) is 1. The molecule has 3 rings (SSSR count). The van der Waals surface area contributed by atoms with Crippen molar-refractivity contribution in [1.29, 1.82) is 0 Å².